The number of carbonyl (C=O) groups excluding carboxylic acids is 2. The van der Waals surface area contributed by atoms with Crippen LogP contribution in [0.2, 0.25) is 0 Å². The van der Waals surface area contributed by atoms with Crippen LogP contribution < -0.4 is 15.0 Å². The summed E-state index contributed by atoms with van der Waals surface area (Å²) in [5, 5.41) is 3.83. The van der Waals surface area contributed by atoms with Crippen LogP contribution in [0.25, 0.3) is 11.3 Å². The number of aromatic nitrogens is 1. The molecule has 0 aliphatic carbocycles. The molecule has 148 valence electrons. The molecule has 0 atom stereocenters. The van der Waals surface area contributed by atoms with E-state index in [1.165, 1.54) is 4.90 Å². The molecule has 0 unspecified atom stereocenters. The lowest BCUT2D eigenvalue weighted by atomic mass is 10.1. The number of hydrogen-bond donors (Lipinski definition) is 1. The molecule has 1 aromatic heterocycles. The lowest BCUT2D eigenvalue weighted by Crippen LogP contribution is -2.43. The molecule has 0 saturated heterocycles. The van der Waals surface area contributed by atoms with Crippen LogP contribution in [0.5, 0.6) is 5.75 Å². The van der Waals surface area contributed by atoms with Gasteiger partial charge in [0.05, 0.1) is 16.4 Å². The van der Waals surface area contributed by atoms with Crippen LogP contribution in [0.4, 0.5) is 11.4 Å². The Kier molecular flexibility index (Phi) is 5.07. The number of nitrogens with zero attached hydrogens (tertiary/aromatic N) is 2. The maximum atomic E-state index is 12.6. The highest BCUT2D eigenvalue weighted by atomic mass is 32.1. The minimum absolute atomic E-state index is 0.0817. The summed E-state index contributed by atoms with van der Waals surface area (Å²) in [5.41, 5.74) is 4.18. The number of rotatable bonds is 4. The number of thiazole rings is 1. The van der Waals surface area contributed by atoms with Gasteiger partial charge in [-0.3, -0.25) is 14.5 Å². The molecule has 2 amide bonds. The summed E-state index contributed by atoms with van der Waals surface area (Å²) in [6.45, 7) is 5.81. The van der Waals surface area contributed by atoms with Crippen LogP contribution in [0.1, 0.15) is 15.4 Å². The van der Waals surface area contributed by atoms with E-state index in [0.29, 0.717) is 17.1 Å². The van der Waals surface area contributed by atoms with Crippen molar-refractivity contribution in [3.05, 3.63) is 57.9 Å². The Morgan fingerprint density at radius 2 is 1.93 bits per heavy atom. The Hall–Kier alpha value is -3.19. The fourth-order valence-electron chi connectivity index (χ4n) is 3.30. The second-order valence-corrected chi connectivity index (χ2v) is 8.41. The highest BCUT2D eigenvalue weighted by molar-refractivity contribution is 7.11. The molecule has 7 heteroatoms. The van der Waals surface area contributed by atoms with Gasteiger partial charge in [-0.1, -0.05) is 17.7 Å². The smallest absolute Gasteiger partial charge is 0.265 e. The number of nitrogens with one attached hydrogen (secondary N) is 1. The SMILES string of the molecule is Cc1ccc(NC(=O)CN2C(=O)COc3ccc(-c4nc(C)sc4C)cc32)cc1. The van der Waals surface area contributed by atoms with Gasteiger partial charge in [0, 0.05) is 16.1 Å². The van der Waals surface area contributed by atoms with E-state index in [9.17, 15) is 9.59 Å². The summed E-state index contributed by atoms with van der Waals surface area (Å²) in [4.78, 5) is 32.3. The number of ether oxygens (including phenoxy) is 1. The van der Waals surface area contributed by atoms with E-state index in [2.05, 4.69) is 10.3 Å². The van der Waals surface area contributed by atoms with Gasteiger partial charge in [0.2, 0.25) is 5.91 Å². The van der Waals surface area contributed by atoms with Crippen LogP contribution in [-0.2, 0) is 9.59 Å². The van der Waals surface area contributed by atoms with Crippen LogP contribution in [-0.4, -0.2) is 29.9 Å². The van der Waals surface area contributed by atoms with Gasteiger partial charge in [-0.05, 0) is 51.1 Å². The van der Waals surface area contributed by atoms with E-state index in [1.807, 2.05) is 63.2 Å². The molecule has 0 radical (unpaired) electrons. The first-order valence-electron chi connectivity index (χ1n) is 9.29. The van der Waals surface area contributed by atoms with Crippen molar-refractivity contribution in [2.75, 3.05) is 23.4 Å². The first-order valence-corrected chi connectivity index (χ1v) is 10.1. The summed E-state index contributed by atoms with van der Waals surface area (Å²) in [7, 11) is 0. The molecule has 1 aliphatic rings. The Morgan fingerprint density at radius 1 is 1.17 bits per heavy atom. The van der Waals surface area contributed by atoms with Crippen molar-refractivity contribution in [1.29, 1.82) is 0 Å². The first-order chi connectivity index (χ1) is 13.9. The van der Waals surface area contributed by atoms with Crippen molar-refractivity contribution in [3.8, 4) is 17.0 Å². The molecule has 0 fully saturated rings. The van der Waals surface area contributed by atoms with Crippen molar-refractivity contribution < 1.29 is 14.3 Å². The van der Waals surface area contributed by atoms with Gasteiger partial charge >= 0.3 is 0 Å². The van der Waals surface area contributed by atoms with Gasteiger partial charge in [0.15, 0.2) is 6.61 Å². The van der Waals surface area contributed by atoms with Gasteiger partial charge in [-0.2, -0.15) is 0 Å². The van der Waals surface area contributed by atoms with Crippen LogP contribution in [0, 0.1) is 20.8 Å². The van der Waals surface area contributed by atoms with Crippen molar-refractivity contribution in [1.82, 2.24) is 4.98 Å². The molecule has 4 rings (SSSR count). The fraction of sp³-hybridized carbons (Fsp3) is 0.227. The second-order valence-electron chi connectivity index (χ2n) is 7.00. The van der Waals surface area contributed by atoms with E-state index in [0.717, 1.165) is 26.7 Å². The van der Waals surface area contributed by atoms with Crippen molar-refractivity contribution in [2.45, 2.75) is 20.8 Å². The maximum Gasteiger partial charge on any atom is 0.265 e. The molecule has 0 bridgehead atoms. The zero-order valence-electron chi connectivity index (χ0n) is 16.5. The summed E-state index contributed by atoms with van der Waals surface area (Å²) in [5.74, 6) is 0.0714. The Balaban J connectivity index is 1.60. The third-order valence-corrected chi connectivity index (χ3v) is 5.60. The van der Waals surface area contributed by atoms with Crippen LogP contribution in [0.3, 0.4) is 0 Å². The van der Waals surface area contributed by atoms with Crippen LogP contribution in [0.15, 0.2) is 42.5 Å². The summed E-state index contributed by atoms with van der Waals surface area (Å²) < 4.78 is 5.56. The number of amides is 2. The number of carbonyl (C=O) groups is 2. The molecule has 2 aromatic carbocycles. The van der Waals surface area contributed by atoms with Crippen molar-refractivity contribution in [2.24, 2.45) is 0 Å². The minimum Gasteiger partial charge on any atom is -0.482 e. The lowest BCUT2D eigenvalue weighted by molar-refractivity contribution is -0.123. The zero-order valence-corrected chi connectivity index (χ0v) is 17.3. The van der Waals surface area contributed by atoms with Crippen molar-refractivity contribution in [3.63, 3.8) is 0 Å². The van der Waals surface area contributed by atoms with Gasteiger partial charge in [0.25, 0.3) is 5.91 Å². The van der Waals surface area contributed by atoms with E-state index in [1.54, 1.807) is 11.3 Å². The molecule has 29 heavy (non-hydrogen) atoms. The molecule has 1 aliphatic heterocycles. The number of anilines is 2. The normalized spacial score (nSPS) is 13.1. The zero-order chi connectivity index (χ0) is 20.5. The predicted octanol–water partition coefficient (Wildman–Crippen LogP) is 4.10. The van der Waals surface area contributed by atoms with Crippen LogP contribution >= 0.6 is 11.3 Å². The fourth-order valence-corrected chi connectivity index (χ4v) is 4.14. The maximum absolute atomic E-state index is 12.6. The highest BCUT2D eigenvalue weighted by Gasteiger charge is 2.28. The first kappa shape index (κ1) is 19.1. The Morgan fingerprint density at radius 3 is 2.62 bits per heavy atom. The average molecular weight is 407 g/mol. The second kappa shape index (κ2) is 7.67. The van der Waals surface area contributed by atoms with Gasteiger partial charge < -0.3 is 10.1 Å². The highest BCUT2D eigenvalue weighted by Crippen LogP contribution is 2.37. The molecular formula is C22H21N3O3S. The molecule has 0 spiro atoms. The number of benzene rings is 2. The monoisotopic (exact) mass is 407 g/mol. The quantitative estimate of drug-likeness (QED) is 0.707. The number of aryl methyl sites for hydroxylation is 3. The molecular weight excluding hydrogens is 386 g/mol. The number of hydrogen-bond acceptors (Lipinski definition) is 5. The third-order valence-electron chi connectivity index (χ3n) is 4.72. The largest absolute Gasteiger partial charge is 0.482 e. The summed E-state index contributed by atoms with van der Waals surface area (Å²) in [6.07, 6.45) is 0. The molecule has 3 aromatic rings. The Labute approximate surface area is 173 Å². The molecule has 0 saturated carbocycles. The summed E-state index contributed by atoms with van der Waals surface area (Å²) >= 11 is 1.63. The Bertz CT molecular complexity index is 1090. The van der Waals surface area contributed by atoms with E-state index >= 15 is 0 Å². The predicted molar refractivity (Wildman–Crippen MR) is 115 cm³/mol. The van der Waals surface area contributed by atoms with E-state index in [4.69, 9.17) is 4.74 Å². The van der Waals surface area contributed by atoms with Gasteiger partial charge in [-0.15, -0.1) is 11.3 Å². The van der Waals surface area contributed by atoms with Gasteiger partial charge in [-0.25, -0.2) is 4.98 Å². The molecule has 2 heterocycles. The minimum atomic E-state index is -0.263. The van der Waals surface area contributed by atoms with E-state index < -0.39 is 0 Å². The topological polar surface area (TPSA) is 71.5 Å². The molecule has 6 nitrogen and oxygen atoms in total. The third kappa shape index (κ3) is 4.00. The van der Waals surface area contributed by atoms with E-state index in [-0.39, 0.29) is 25.0 Å². The molecule has 1 N–H and O–H groups in total. The lowest BCUT2D eigenvalue weighted by Gasteiger charge is -2.29. The average Bonchev–Trinajstić information content (AvgIpc) is 3.03. The van der Waals surface area contributed by atoms with Crippen molar-refractivity contribution >= 4 is 34.5 Å². The standard InChI is InChI=1S/C22H21N3O3S/c1-13-4-7-17(8-5-13)24-20(26)11-25-18-10-16(22-14(2)29-15(3)23-22)6-9-19(18)28-12-21(25)27/h4-10H,11-12H2,1-3H3,(H,24,26). The summed E-state index contributed by atoms with van der Waals surface area (Å²) in [6, 6.07) is 13.2. The number of fused-ring (bicyclic) bond motifs is 1. The van der Waals surface area contributed by atoms with Gasteiger partial charge in [0.1, 0.15) is 12.3 Å².